The number of sulfonamides is 1. The molecular weight excluding hydrogens is 392 g/mol. The fraction of sp³-hybridized carbons (Fsp3) is 0.333. The summed E-state index contributed by atoms with van der Waals surface area (Å²) < 4.78 is 33.2. The molecule has 2 aromatic carbocycles. The molecule has 0 aliphatic rings. The second-order valence-electron chi connectivity index (χ2n) is 6.70. The minimum atomic E-state index is -3.91. The molecule has 8 heteroatoms. The number of carbonyl (C=O) groups is 2. The average Bonchev–Trinajstić information content (AvgIpc) is 2.68. The predicted octanol–water partition coefficient (Wildman–Crippen LogP) is 3.18. The normalized spacial score (nSPS) is 11.0. The Morgan fingerprint density at radius 2 is 1.79 bits per heavy atom. The Hall–Kier alpha value is -2.87. The minimum absolute atomic E-state index is 0.0303. The van der Waals surface area contributed by atoms with Gasteiger partial charge in [-0.3, -0.25) is 9.52 Å². The first-order chi connectivity index (χ1) is 13.7. The first-order valence-corrected chi connectivity index (χ1v) is 10.9. The highest BCUT2D eigenvalue weighted by Crippen LogP contribution is 2.23. The maximum Gasteiger partial charge on any atom is 0.340 e. The third-order valence-electron chi connectivity index (χ3n) is 4.21. The Morgan fingerprint density at radius 1 is 1.07 bits per heavy atom. The van der Waals surface area contributed by atoms with Gasteiger partial charge in [0.1, 0.15) is 0 Å². The lowest BCUT2D eigenvalue weighted by Crippen LogP contribution is -2.29. The number of ether oxygens (including phenoxy) is 1. The standard InChI is InChI=1S/C21H26N2O5S/c1-4-5-12-22-20(24)14-28-21(25)17-8-6-7-9-18(17)23-29(26,27)19-13-15(2)10-11-16(19)3/h6-11,13,23H,4-5,12,14H2,1-3H3,(H,22,24). The number of hydrogen-bond acceptors (Lipinski definition) is 5. The molecule has 7 nitrogen and oxygen atoms in total. The molecule has 156 valence electrons. The van der Waals surface area contributed by atoms with Crippen LogP contribution >= 0.6 is 0 Å². The van der Waals surface area contributed by atoms with Crippen molar-refractivity contribution in [2.24, 2.45) is 0 Å². The monoisotopic (exact) mass is 418 g/mol. The van der Waals surface area contributed by atoms with Crippen LogP contribution in [0.1, 0.15) is 41.3 Å². The van der Waals surface area contributed by atoms with Crippen molar-refractivity contribution in [1.82, 2.24) is 5.32 Å². The van der Waals surface area contributed by atoms with Gasteiger partial charge in [0.25, 0.3) is 15.9 Å². The van der Waals surface area contributed by atoms with Gasteiger partial charge in [-0.1, -0.05) is 37.6 Å². The van der Waals surface area contributed by atoms with Crippen molar-refractivity contribution >= 4 is 27.6 Å². The lowest BCUT2D eigenvalue weighted by molar-refractivity contribution is -0.124. The molecule has 0 radical (unpaired) electrons. The zero-order chi connectivity index (χ0) is 21.4. The van der Waals surface area contributed by atoms with E-state index in [-0.39, 0.29) is 16.1 Å². The van der Waals surface area contributed by atoms with Crippen molar-refractivity contribution in [3.63, 3.8) is 0 Å². The number of anilines is 1. The van der Waals surface area contributed by atoms with Crippen molar-refractivity contribution in [3.8, 4) is 0 Å². The summed E-state index contributed by atoms with van der Waals surface area (Å²) in [6.07, 6.45) is 1.77. The Labute approximate surface area is 171 Å². The fourth-order valence-corrected chi connectivity index (χ4v) is 4.02. The van der Waals surface area contributed by atoms with Crippen LogP contribution in [0.3, 0.4) is 0 Å². The van der Waals surface area contributed by atoms with Crippen LogP contribution in [0.15, 0.2) is 47.4 Å². The van der Waals surface area contributed by atoms with Crippen LogP contribution in [0.2, 0.25) is 0 Å². The molecule has 0 fully saturated rings. The van der Waals surface area contributed by atoms with E-state index in [0.717, 1.165) is 18.4 Å². The summed E-state index contributed by atoms with van der Waals surface area (Å²) in [6.45, 7) is 5.59. The summed E-state index contributed by atoms with van der Waals surface area (Å²) in [6, 6.07) is 11.2. The van der Waals surface area contributed by atoms with Gasteiger partial charge in [0.15, 0.2) is 6.61 Å². The third kappa shape index (κ3) is 6.32. The number of rotatable bonds is 9. The van der Waals surface area contributed by atoms with Gasteiger partial charge < -0.3 is 10.1 Å². The molecule has 0 aliphatic carbocycles. The van der Waals surface area contributed by atoms with Gasteiger partial charge in [-0.15, -0.1) is 0 Å². The smallest absolute Gasteiger partial charge is 0.340 e. The lowest BCUT2D eigenvalue weighted by atomic mass is 10.2. The predicted molar refractivity (Wildman–Crippen MR) is 111 cm³/mol. The van der Waals surface area contributed by atoms with E-state index in [1.165, 1.54) is 12.1 Å². The maximum atomic E-state index is 12.8. The van der Waals surface area contributed by atoms with Gasteiger partial charge >= 0.3 is 5.97 Å². The molecule has 0 unspecified atom stereocenters. The second kappa shape index (κ2) is 10.1. The number of para-hydroxylation sites is 1. The number of amides is 1. The van der Waals surface area contributed by atoms with Gasteiger partial charge in [0.2, 0.25) is 0 Å². The molecule has 0 saturated carbocycles. The summed E-state index contributed by atoms with van der Waals surface area (Å²) in [5, 5.41) is 2.65. The number of benzene rings is 2. The van der Waals surface area contributed by atoms with Crippen LogP contribution in [0.25, 0.3) is 0 Å². The van der Waals surface area contributed by atoms with Crippen LogP contribution < -0.4 is 10.0 Å². The number of nitrogens with one attached hydrogen (secondary N) is 2. The Morgan fingerprint density at radius 3 is 2.52 bits per heavy atom. The topological polar surface area (TPSA) is 102 Å². The van der Waals surface area contributed by atoms with Crippen molar-refractivity contribution in [2.45, 2.75) is 38.5 Å². The molecule has 0 saturated heterocycles. The van der Waals surface area contributed by atoms with E-state index < -0.39 is 28.5 Å². The number of aryl methyl sites for hydroxylation is 2. The third-order valence-corrected chi connectivity index (χ3v) is 5.72. The SMILES string of the molecule is CCCCNC(=O)COC(=O)c1ccccc1NS(=O)(=O)c1cc(C)ccc1C. The van der Waals surface area contributed by atoms with Crippen LogP contribution in [0.5, 0.6) is 0 Å². The Kier molecular flexibility index (Phi) is 7.78. The quantitative estimate of drug-likeness (QED) is 0.481. The van der Waals surface area contributed by atoms with Gasteiger partial charge in [-0.2, -0.15) is 0 Å². The lowest BCUT2D eigenvalue weighted by Gasteiger charge is -2.14. The highest BCUT2D eigenvalue weighted by molar-refractivity contribution is 7.92. The zero-order valence-electron chi connectivity index (χ0n) is 16.8. The van der Waals surface area contributed by atoms with Gasteiger partial charge in [0.05, 0.1) is 16.1 Å². The van der Waals surface area contributed by atoms with Crippen LogP contribution in [-0.2, 0) is 19.6 Å². The Bertz CT molecular complexity index is 986. The number of esters is 1. The van der Waals surface area contributed by atoms with Crippen molar-refractivity contribution in [1.29, 1.82) is 0 Å². The summed E-state index contributed by atoms with van der Waals surface area (Å²) in [5.74, 6) is -1.19. The molecule has 2 aromatic rings. The molecule has 0 aromatic heterocycles. The molecule has 29 heavy (non-hydrogen) atoms. The number of carbonyl (C=O) groups excluding carboxylic acids is 2. The average molecular weight is 419 g/mol. The zero-order valence-corrected chi connectivity index (χ0v) is 17.6. The van der Waals surface area contributed by atoms with Crippen molar-refractivity contribution in [3.05, 3.63) is 59.2 Å². The molecule has 0 spiro atoms. The van der Waals surface area contributed by atoms with E-state index in [2.05, 4.69) is 10.0 Å². The van der Waals surface area contributed by atoms with E-state index in [1.54, 1.807) is 38.1 Å². The molecule has 2 N–H and O–H groups in total. The highest BCUT2D eigenvalue weighted by atomic mass is 32.2. The number of hydrogen-bond donors (Lipinski definition) is 2. The summed E-state index contributed by atoms with van der Waals surface area (Å²) in [4.78, 5) is 24.3. The first kappa shape index (κ1) is 22.4. The molecular formula is C21H26N2O5S. The van der Waals surface area contributed by atoms with E-state index in [9.17, 15) is 18.0 Å². The molecule has 1 amide bonds. The van der Waals surface area contributed by atoms with E-state index >= 15 is 0 Å². The van der Waals surface area contributed by atoms with E-state index in [0.29, 0.717) is 12.1 Å². The highest BCUT2D eigenvalue weighted by Gasteiger charge is 2.21. The minimum Gasteiger partial charge on any atom is -0.452 e. The number of unbranched alkanes of at least 4 members (excludes halogenated alkanes) is 1. The molecule has 0 aliphatic heterocycles. The summed E-state index contributed by atoms with van der Waals surface area (Å²) in [5.41, 5.74) is 1.51. The molecule has 0 heterocycles. The van der Waals surface area contributed by atoms with E-state index in [1.807, 2.05) is 13.0 Å². The van der Waals surface area contributed by atoms with Crippen LogP contribution in [0, 0.1) is 13.8 Å². The second-order valence-corrected chi connectivity index (χ2v) is 8.35. The van der Waals surface area contributed by atoms with Gasteiger partial charge in [-0.25, -0.2) is 13.2 Å². The van der Waals surface area contributed by atoms with Crippen LogP contribution in [-0.4, -0.2) is 33.4 Å². The molecule has 0 atom stereocenters. The maximum absolute atomic E-state index is 12.8. The largest absolute Gasteiger partial charge is 0.452 e. The molecule has 0 bridgehead atoms. The van der Waals surface area contributed by atoms with Gasteiger partial charge in [0, 0.05) is 6.54 Å². The first-order valence-electron chi connectivity index (χ1n) is 9.37. The van der Waals surface area contributed by atoms with Crippen molar-refractivity contribution in [2.75, 3.05) is 17.9 Å². The van der Waals surface area contributed by atoms with Crippen molar-refractivity contribution < 1.29 is 22.7 Å². The van der Waals surface area contributed by atoms with Crippen LogP contribution in [0.4, 0.5) is 5.69 Å². The fourth-order valence-electron chi connectivity index (χ4n) is 2.61. The summed E-state index contributed by atoms with van der Waals surface area (Å²) >= 11 is 0. The summed E-state index contributed by atoms with van der Waals surface area (Å²) in [7, 11) is -3.91. The van der Waals surface area contributed by atoms with Gasteiger partial charge in [-0.05, 0) is 49.6 Å². The Balaban J connectivity index is 2.15. The van der Waals surface area contributed by atoms with E-state index in [4.69, 9.17) is 4.74 Å². The molecule has 2 rings (SSSR count).